The van der Waals surface area contributed by atoms with E-state index in [2.05, 4.69) is 36.6 Å². The van der Waals surface area contributed by atoms with Crippen molar-refractivity contribution in [2.24, 2.45) is 10.6 Å². The van der Waals surface area contributed by atoms with Crippen LogP contribution >= 0.6 is 11.6 Å². The quantitative estimate of drug-likeness (QED) is 0.373. The summed E-state index contributed by atoms with van der Waals surface area (Å²) < 4.78 is 7.36. The van der Waals surface area contributed by atoms with Crippen LogP contribution in [-0.4, -0.2) is 23.4 Å². The molecule has 0 radical (unpaired) electrons. The van der Waals surface area contributed by atoms with Crippen molar-refractivity contribution < 1.29 is 14.4 Å². The van der Waals surface area contributed by atoms with Gasteiger partial charge in [-0.3, -0.25) is 0 Å². The Morgan fingerprint density at radius 2 is 1.74 bits per heavy atom. The van der Waals surface area contributed by atoms with Crippen molar-refractivity contribution in [2.75, 3.05) is 7.11 Å². The second kappa shape index (κ2) is 8.23. The lowest BCUT2D eigenvalue weighted by atomic mass is 9.76. The number of benzene rings is 2. The number of rotatable bonds is 4. The van der Waals surface area contributed by atoms with Crippen molar-refractivity contribution in [3.63, 3.8) is 0 Å². The number of methoxy groups -OCH3 is 1. The average Bonchev–Trinajstić information content (AvgIpc) is 3.07. The lowest BCUT2D eigenvalue weighted by Crippen LogP contribution is -2.28. The maximum absolute atomic E-state index is 12.5. The second-order valence-electron chi connectivity index (χ2n) is 8.62. The molecule has 1 aromatic heterocycles. The molecule has 0 N–H and O–H groups in total. The van der Waals surface area contributed by atoms with Crippen molar-refractivity contribution in [3.05, 3.63) is 82.1 Å². The van der Waals surface area contributed by atoms with E-state index in [0.29, 0.717) is 16.3 Å². The fourth-order valence-electron chi connectivity index (χ4n) is 4.09. The van der Waals surface area contributed by atoms with Gasteiger partial charge in [0.2, 0.25) is 0 Å². The van der Waals surface area contributed by atoms with Crippen molar-refractivity contribution in [3.8, 4) is 11.4 Å². The van der Waals surface area contributed by atoms with Crippen LogP contribution in [0.1, 0.15) is 47.6 Å². The SMILES string of the molecule is COc1ccc(C(=O)O/N=C2\CC(C)(C)Cc3c2cc(C)n3-c2ccc(Cl)cc2)cc1. The van der Waals surface area contributed by atoms with Gasteiger partial charge in [0, 0.05) is 27.7 Å². The van der Waals surface area contributed by atoms with Gasteiger partial charge in [-0.15, -0.1) is 0 Å². The van der Waals surface area contributed by atoms with Crippen LogP contribution in [0.15, 0.2) is 59.8 Å². The minimum Gasteiger partial charge on any atom is -0.497 e. The van der Waals surface area contributed by atoms with Gasteiger partial charge in [-0.2, -0.15) is 0 Å². The predicted molar refractivity (Wildman–Crippen MR) is 123 cm³/mol. The average molecular weight is 437 g/mol. The summed E-state index contributed by atoms with van der Waals surface area (Å²) in [7, 11) is 1.58. The Bertz CT molecular complexity index is 1140. The van der Waals surface area contributed by atoms with E-state index in [1.165, 1.54) is 0 Å². The van der Waals surface area contributed by atoms with Gasteiger partial charge in [-0.05, 0) is 79.8 Å². The van der Waals surface area contributed by atoms with E-state index in [1.54, 1.807) is 31.4 Å². The summed E-state index contributed by atoms with van der Waals surface area (Å²) in [6.07, 6.45) is 1.62. The number of carbonyl (C=O) groups is 1. The molecule has 0 unspecified atom stereocenters. The fraction of sp³-hybridized carbons (Fsp3) is 0.280. The molecular formula is C25H25ClN2O3. The van der Waals surface area contributed by atoms with Gasteiger partial charge in [-0.1, -0.05) is 30.6 Å². The third-order valence-corrected chi connectivity index (χ3v) is 5.79. The molecule has 5 nitrogen and oxygen atoms in total. The zero-order valence-corrected chi connectivity index (χ0v) is 18.9. The number of ether oxygens (including phenoxy) is 1. The molecule has 0 saturated carbocycles. The van der Waals surface area contributed by atoms with Gasteiger partial charge in [0.1, 0.15) is 5.75 Å². The monoisotopic (exact) mass is 436 g/mol. The van der Waals surface area contributed by atoms with Crippen LogP contribution < -0.4 is 4.74 Å². The number of halogens is 1. The van der Waals surface area contributed by atoms with Crippen molar-refractivity contribution in [1.82, 2.24) is 4.57 Å². The number of oxime groups is 1. The molecule has 0 amide bonds. The molecular weight excluding hydrogens is 412 g/mol. The first-order valence-electron chi connectivity index (χ1n) is 10.2. The first-order chi connectivity index (χ1) is 14.8. The maximum Gasteiger partial charge on any atom is 0.365 e. The summed E-state index contributed by atoms with van der Waals surface area (Å²) in [4.78, 5) is 17.8. The summed E-state index contributed by atoms with van der Waals surface area (Å²) in [6, 6.07) is 16.7. The Balaban J connectivity index is 1.68. The van der Waals surface area contributed by atoms with Gasteiger partial charge in [-0.25, -0.2) is 4.79 Å². The van der Waals surface area contributed by atoms with E-state index in [9.17, 15) is 4.79 Å². The highest BCUT2D eigenvalue weighted by atomic mass is 35.5. The summed E-state index contributed by atoms with van der Waals surface area (Å²) in [5.41, 5.74) is 5.52. The molecule has 0 bridgehead atoms. The standard InChI is InChI=1S/C25H25ClN2O3/c1-16-13-21-22(27-31-24(29)17-5-11-20(30-4)12-6-17)14-25(2,3)15-23(21)28(16)19-9-7-18(26)8-10-19/h5-13H,14-15H2,1-4H3/b27-22+. The van der Waals surface area contributed by atoms with Crippen LogP contribution in [0.3, 0.4) is 0 Å². The highest BCUT2D eigenvalue weighted by molar-refractivity contribution is 6.30. The Labute approximate surface area is 187 Å². The number of hydrogen-bond donors (Lipinski definition) is 0. The van der Waals surface area contributed by atoms with Gasteiger partial charge in [0.25, 0.3) is 0 Å². The highest BCUT2D eigenvalue weighted by Gasteiger charge is 2.33. The molecule has 160 valence electrons. The van der Waals surface area contributed by atoms with Crippen molar-refractivity contribution in [2.45, 2.75) is 33.6 Å². The fourth-order valence-corrected chi connectivity index (χ4v) is 4.21. The Morgan fingerprint density at radius 3 is 2.39 bits per heavy atom. The molecule has 2 aromatic carbocycles. The molecule has 0 aliphatic heterocycles. The molecule has 1 aliphatic rings. The van der Waals surface area contributed by atoms with Crippen LogP contribution in [0, 0.1) is 12.3 Å². The minimum absolute atomic E-state index is 0.0205. The first-order valence-corrected chi connectivity index (χ1v) is 10.5. The Morgan fingerprint density at radius 1 is 1.06 bits per heavy atom. The molecule has 1 aliphatic carbocycles. The molecule has 0 fully saturated rings. The molecule has 3 aromatic rings. The van der Waals surface area contributed by atoms with Crippen LogP contribution in [0.25, 0.3) is 5.69 Å². The van der Waals surface area contributed by atoms with E-state index >= 15 is 0 Å². The number of fused-ring (bicyclic) bond motifs is 1. The zero-order chi connectivity index (χ0) is 22.2. The van der Waals surface area contributed by atoms with Gasteiger partial charge < -0.3 is 14.1 Å². The normalized spacial score (nSPS) is 16.1. The summed E-state index contributed by atoms with van der Waals surface area (Å²) in [5.74, 6) is 0.189. The number of nitrogens with zero attached hydrogens (tertiary/aromatic N) is 2. The molecule has 0 atom stereocenters. The lowest BCUT2D eigenvalue weighted by molar-refractivity contribution is 0.0514. The van der Waals surface area contributed by atoms with E-state index < -0.39 is 5.97 Å². The summed E-state index contributed by atoms with van der Waals surface area (Å²) in [5, 5.41) is 5.01. The first kappa shape index (κ1) is 21.2. The second-order valence-corrected chi connectivity index (χ2v) is 9.06. The van der Waals surface area contributed by atoms with E-state index in [-0.39, 0.29) is 5.41 Å². The van der Waals surface area contributed by atoms with Crippen LogP contribution in [-0.2, 0) is 11.3 Å². The topological polar surface area (TPSA) is 52.8 Å². The largest absolute Gasteiger partial charge is 0.497 e. The third kappa shape index (κ3) is 4.37. The third-order valence-electron chi connectivity index (χ3n) is 5.54. The number of carbonyl (C=O) groups excluding carboxylic acids is 1. The van der Waals surface area contributed by atoms with Crippen LogP contribution in [0.4, 0.5) is 0 Å². The zero-order valence-electron chi connectivity index (χ0n) is 18.1. The van der Waals surface area contributed by atoms with E-state index in [0.717, 1.165) is 41.2 Å². The van der Waals surface area contributed by atoms with Crippen molar-refractivity contribution >= 4 is 23.3 Å². The molecule has 6 heteroatoms. The molecule has 1 heterocycles. The Kier molecular flexibility index (Phi) is 5.63. The molecule has 0 spiro atoms. The Hall–Kier alpha value is -3.05. The molecule has 31 heavy (non-hydrogen) atoms. The summed E-state index contributed by atoms with van der Waals surface area (Å²) >= 11 is 6.08. The number of aromatic nitrogens is 1. The maximum atomic E-state index is 12.5. The van der Waals surface area contributed by atoms with Crippen molar-refractivity contribution in [1.29, 1.82) is 0 Å². The highest BCUT2D eigenvalue weighted by Crippen LogP contribution is 2.38. The van der Waals surface area contributed by atoms with E-state index in [4.69, 9.17) is 21.2 Å². The predicted octanol–water partition coefficient (Wildman–Crippen LogP) is 5.98. The van der Waals surface area contributed by atoms with Crippen LogP contribution in [0.2, 0.25) is 5.02 Å². The van der Waals surface area contributed by atoms with Crippen LogP contribution in [0.5, 0.6) is 5.75 Å². The number of hydrogen-bond acceptors (Lipinski definition) is 4. The molecule has 0 saturated heterocycles. The van der Waals surface area contributed by atoms with Gasteiger partial charge in [0.15, 0.2) is 0 Å². The minimum atomic E-state index is -0.492. The lowest BCUT2D eigenvalue weighted by Gasteiger charge is -2.31. The smallest absolute Gasteiger partial charge is 0.365 e. The summed E-state index contributed by atoms with van der Waals surface area (Å²) in [6.45, 7) is 6.47. The van der Waals surface area contributed by atoms with Gasteiger partial charge >= 0.3 is 5.97 Å². The van der Waals surface area contributed by atoms with Gasteiger partial charge in [0.05, 0.1) is 18.4 Å². The molecule has 4 rings (SSSR count). The van der Waals surface area contributed by atoms with E-state index in [1.807, 2.05) is 24.3 Å². The number of aryl methyl sites for hydroxylation is 1.